The molecule has 0 saturated carbocycles. The van der Waals surface area contributed by atoms with E-state index in [-0.39, 0.29) is 44.7 Å². The van der Waals surface area contributed by atoms with E-state index in [9.17, 15) is 19.2 Å². The fourth-order valence-corrected chi connectivity index (χ4v) is 4.73. The van der Waals surface area contributed by atoms with Crippen LogP contribution in [0.3, 0.4) is 0 Å². The van der Waals surface area contributed by atoms with E-state index in [0.29, 0.717) is 16.9 Å². The third-order valence-corrected chi connectivity index (χ3v) is 6.86. The Hall–Kier alpha value is -5.44. The van der Waals surface area contributed by atoms with Crippen LogP contribution in [0.4, 0.5) is 4.79 Å². The van der Waals surface area contributed by atoms with Gasteiger partial charge < -0.3 is 24.3 Å². The van der Waals surface area contributed by atoms with Crippen LogP contribution in [0.25, 0.3) is 11.1 Å². The van der Waals surface area contributed by atoms with Gasteiger partial charge in [0.15, 0.2) is 19.0 Å². The summed E-state index contributed by atoms with van der Waals surface area (Å²) < 4.78 is 21.0. The predicted molar refractivity (Wildman–Crippen MR) is 157 cm³/mol. The fraction of sp³-hybridized carbons (Fsp3) is 0.176. The number of hydrogen-bond acceptors (Lipinski definition) is 8. The van der Waals surface area contributed by atoms with E-state index in [1.807, 2.05) is 36.4 Å². The molecule has 0 bridgehead atoms. The van der Waals surface area contributed by atoms with Crippen LogP contribution in [-0.2, 0) is 30.4 Å². The van der Waals surface area contributed by atoms with Gasteiger partial charge in [-0.15, -0.1) is 0 Å². The Kier molecular flexibility index (Phi) is 9.43. The molecular weight excluding hydrogens is 550 g/mol. The number of ketones is 1. The van der Waals surface area contributed by atoms with Gasteiger partial charge in [0.2, 0.25) is 0 Å². The molecule has 0 aromatic heterocycles. The third kappa shape index (κ3) is 7.65. The second-order valence-electron chi connectivity index (χ2n) is 9.72. The molecule has 0 radical (unpaired) electrons. The number of nitrogens with one attached hydrogen (secondary N) is 1. The number of alkyl carbamates (subject to hydrolysis) is 1. The quantitative estimate of drug-likeness (QED) is 0.140. The number of esters is 2. The van der Waals surface area contributed by atoms with Crippen molar-refractivity contribution in [1.82, 2.24) is 5.32 Å². The minimum absolute atomic E-state index is 0.0187. The van der Waals surface area contributed by atoms with E-state index in [0.717, 1.165) is 22.3 Å². The van der Waals surface area contributed by atoms with Crippen molar-refractivity contribution in [3.8, 4) is 16.9 Å². The van der Waals surface area contributed by atoms with E-state index in [4.69, 9.17) is 18.9 Å². The second-order valence-corrected chi connectivity index (χ2v) is 9.72. The van der Waals surface area contributed by atoms with Gasteiger partial charge in [-0.1, -0.05) is 91.0 Å². The van der Waals surface area contributed by atoms with Crippen molar-refractivity contribution in [2.75, 3.05) is 26.4 Å². The van der Waals surface area contributed by atoms with E-state index in [1.54, 1.807) is 54.6 Å². The van der Waals surface area contributed by atoms with Gasteiger partial charge in [0.25, 0.3) is 0 Å². The Bertz CT molecular complexity index is 1550. The van der Waals surface area contributed by atoms with Gasteiger partial charge in [-0.2, -0.15) is 0 Å². The summed E-state index contributed by atoms with van der Waals surface area (Å²) in [6.07, 6.45) is -0.705. The SMILES string of the molecule is O=C(CNC(=O)OCC1c2ccccc2-c2ccccc21)OCc1ccc(OCC(=O)OCC(=O)c2ccccc2)cc1. The first kappa shape index (κ1) is 29.1. The van der Waals surface area contributed by atoms with Gasteiger partial charge in [0.05, 0.1) is 0 Å². The van der Waals surface area contributed by atoms with Crippen molar-refractivity contribution in [2.24, 2.45) is 0 Å². The summed E-state index contributed by atoms with van der Waals surface area (Å²) in [6.45, 7) is -0.945. The van der Waals surface area contributed by atoms with Crippen molar-refractivity contribution in [1.29, 1.82) is 0 Å². The number of benzene rings is 4. The maximum Gasteiger partial charge on any atom is 0.407 e. The zero-order valence-corrected chi connectivity index (χ0v) is 23.2. The van der Waals surface area contributed by atoms with Crippen LogP contribution in [0.2, 0.25) is 0 Å². The molecule has 0 saturated heterocycles. The summed E-state index contributed by atoms with van der Waals surface area (Å²) in [7, 11) is 0. The van der Waals surface area contributed by atoms with Gasteiger partial charge >= 0.3 is 18.0 Å². The topological polar surface area (TPSA) is 117 Å². The highest BCUT2D eigenvalue weighted by molar-refractivity contribution is 5.97. The molecule has 5 rings (SSSR count). The summed E-state index contributed by atoms with van der Waals surface area (Å²) in [6, 6.07) is 31.2. The van der Waals surface area contributed by atoms with Gasteiger partial charge in [-0.05, 0) is 39.9 Å². The average Bonchev–Trinajstić information content (AvgIpc) is 3.37. The van der Waals surface area contributed by atoms with E-state index in [1.165, 1.54) is 0 Å². The van der Waals surface area contributed by atoms with Gasteiger partial charge in [0.1, 0.15) is 25.5 Å². The molecule has 9 heteroatoms. The van der Waals surface area contributed by atoms with Crippen molar-refractivity contribution in [3.63, 3.8) is 0 Å². The number of hydrogen-bond donors (Lipinski definition) is 1. The lowest BCUT2D eigenvalue weighted by atomic mass is 9.98. The lowest BCUT2D eigenvalue weighted by Gasteiger charge is -2.14. The Morgan fingerprint density at radius 3 is 1.93 bits per heavy atom. The number of rotatable bonds is 12. The van der Waals surface area contributed by atoms with Gasteiger partial charge in [-0.3, -0.25) is 9.59 Å². The molecule has 1 amide bonds. The Morgan fingerprint density at radius 1 is 0.628 bits per heavy atom. The molecule has 1 N–H and O–H groups in total. The second kappa shape index (κ2) is 14.0. The first-order valence-electron chi connectivity index (χ1n) is 13.7. The number of carbonyl (C=O) groups is 4. The number of carbonyl (C=O) groups excluding carboxylic acids is 4. The summed E-state index contributed by atoms with van der Waals surface area (Å²) in [4.78, 5) is 48.4. The van der Waals surface area contributed by atoms with E-state index < -0.39 is 18.0 Å². The summed E-state index contributed by atoms with van der Waals surface area (Å²) in [5.74, 6) is -1.28. The Balaban J connectivity index is 0.983. The molecule has 0 fully saturated rings. The molecule has 4 aromatic rings. The first-order valence-corrected chi connectivity index (χ1v) is 13.7. The molecule has 0 atom stereocenters. The predicted octanol–water partition coefficient (Wildman–Crippen LogP) is 5.07. The summed E-state index contributed by atoms with van der Waals surface area (Å²) in [5.41, 5.74) is 5.60. The molecule has 218 valence electrons. The zero-order valence-electron chi connectivity index (χ0n) is 23.2. The average molecular weight is 580 g/mol. The largest absolute Gasteiger partial charge is 0.482 e. The highest BCUT2D eigenvalue weighted by Gasteiger charge is 2.29. The number of ether oxygens (including phenoxy) is 4. The smallest absolute Gasteiger partial charge is 0.407 e. The zero-order chi connectivity index (χ0) is 30.0. The molecule has 0 aliphatic heterocycles. The molecule has 43 heavy (non-hydrogen) atoms. The molecule has 0 unspecified atom stereocenters. The van der Waals surface area contributed by atoms with Gasteiger partial charge in [0, 0.05) is 11.5 Å². The van der Waals surface area contributed by atoms with Crippen LogP contribution in [0, 0.1) is 0 Å². The fourth-order valence-electron chi connectivity index (χ4n) is 4.73. The lowest BCUT2D eigenvalue weighted by Crippen LogP contribution is -2.32. The standard InChI is InChI=1S/C34H29NO8/c36-31(24-8-2-1-3-9-24)21-42-33(38)22-40-25-16-14-23(15-17-25)19-41-32(37)18-35-34(39)43-20-30-28-12-6-4-10-26(28)27-11-5-7-13-29(27)30/h1-17,30H,18-22H2,(H,35,39). The molecule has 1 aliphatic rings. The van der Waals surface area contributed by atoms with Crippen LogP contribution >= 0.6 is 0 Å². The van der Waals surface area contributed by atoms with Crippen LogP contribution < -0.4 is 10.1 Å². The summed E-state index contributed by atoms with van der Waals surface area (Å²) >= 11 is 0. The lowest BCUT2D eigenvalue weighted by molar-refractivity contribution is -0.145. The van der Waals surface area contributed by atoms with Gasteiger partial charge in [-0.25, -0.2) is 9.59 Å². The summed E-state index contributed by atoms with van der Waals surface area (Å²) in [5, 5.41) is 2.43. The number of amides is 1. The normalized spacial score (nSPS) is 11.5. The third-order valence-electron chi connectivity index (χ3n) is 6.86. The minimum Gasteiger partial charge on any atom is -0.482 e. The Labute approximate surface area is 248 Å². The van der Waals surface area contributed by atoms with Crippen molar-refractivity contribution in [3.05, 3.63) is 125 Å². The maximum absolute atomic E-state index is 12.3. The Morgan fingerprint density at radius 2 is 1.26 bits per heavy atom. The van der Waals surface area contributed by atoms with Crippen molar-refractivity contribution in [2.45, 2.75) is 12.5 Å². The van der Waals surface area contributed by atoms with Crippen LogP contribution in [0.15, 0.2) is 103 Å². The molecule has 1 aliphatic carbocycles. The maximum atomic E-state index is 12.3. The van der Waals surface area contributed by atoms with Crippen LogP contribution in [-0.4, -0.2) is 50.2 Å². The molecular formula is C34H29NO8. The molecule has 0 heterocycles. The molecule has 0 spiro atoms. The number of Topliss-reactive ketones (excluding diaryl/α,β-unsaturated/α-hetero) is 1. The molecule has 9 nitrogen and oxygen atoms in total. The van der Waals surface area contributed by atoms with Crippen molar-refractivity contribution >= 4 is 23.8 Å². The first-order chi connectivity index (χ1) is 21.0. The van der Waals surface area contributed by atoms with Crippen molar-refractivity contribution < 1.29 is 38.1 Å². The highest BCUT2D eigenvalue weighted by Crippen LogP contribution is 2.44. The van der Waals surface area contributed by atoms with Crippen LogP contribution in [0.5, 0.6) is 5.75 Å². The molecule has 4 aromatic carbocycles. The van der Waals surface area contributed by atoms with Crippen LogP contribution in [0.1, 0.15) is 33.0 Å². The van der Waals surface area contributed by atoms with E-state index in [2.05, 4.69) is 17.4 Å². The highest BCUT2D eigenvalue weighted by atomic mass is 16.6. The van der Waals surface area contributed by atoms with E-state index >= 15 is 0 Å². The monoisotopic (exact) mass is 579 g/mol. The minimum atomic E-state index is -0.705. The number of fused-ring (bicyclic) bond motifs is 3.